The van der Waals surface area contributed by atoms with E-state index in [1.807, 2.05) is 13.8 Å². The second kappa shape index (κ2) is 6.07. The number of hydrogen-bond donors (Lipinski definition) is 1. The molecule has 0 atom stereocenters. The Balaban J connectivity index is 1.89. The van der Waals surface area contributed by atoms with Gasteiger partial charge in [-0.2, -0.15) is 5.10 Å². The third-order valence-corrected chi connectivity index (χ3v) is 4.99. The summed E-state index contributed by atoms with van der Waals surface area (Å²) in [4.78, 5) is 17.5. The summed E-state index contributed by atoms with van der Waals surface area (Å²) in [6.07, 6.45) is 2.22. The fourth-order valence-corrected chi connectivity index (χ4v) is 3.66. The summed E-state index contributed by atoms with van der Waals surface area (Å²) in [5, 5.41) is 8.94. The molecular weight excluding hydrogens is 284 g/mol. The summed E-state index contributed by atoms with van der Waals surface area (Å²) >= 11 is 1.63. The first kappa shape index (κ1) is 14.4. The zero-order valence-corrected chi connectivity index (χ0v) is 13.2. The Kier molecular flexibility index (Phi) is 4.17. The van der Waals surface area contributed by atoms with Gasteiger partial charge in [0, 0.05) is 12.6 Å². The van der Waals surface area contributed by atoms with E-state index in [1.165, 1.54) is 0 Å². The van der Waals surface area contributed by atoms with E-state index < -0.39 is 0 Å². The molecule has 1 aliphatic heterocycles. The number of thiazole rings is 1. The molecule has 0 radical (unpaired) electrons. The second-order valence-corrected chi connectivity index (χ2v) is 6.78. The Morgan fingerprint density at radius 3 is 2.76 bits per heavy atom. The minimum atomic E-state index is -0.0174. The summed E-state index contributed by atoms with van der Waals surface area (Å²) in [7, 11) is 0. The highest BCUT2D eigenvalue weighted by atomic mass is 32.1. The Morgan fingerprint density at radius 1 is 1.33 bits per heavy atom. The van der Waals surface area contributed by atoms with Crippen molar-refractivity contribution in [1.29, 1.82) is 0 Å². The third kappa shape index (κ3) is 3.22. The van der Waals surface area contributed by atoms with Gasteiger partial charge >= 0.3 is 0 Å². The van der Waals surface area contributed by atoms with Crippen LogP contribution < -0.4 is 10.9 Å². The average Bonchev–Trinajstić information content (AvgIpc) is 2.81. The summed E-state index contributed by atoms with van der Waals surface area (Å²) in [6.45, 7) is 6.76. The van der Waals surface area contributed by atoms with Crippen molar-refractivity contribution in [3.05, 3.63) is 33.2 Å². The van der Waals surface area contributed by atoms with Crippen molar-refractivity contribution in [3.63, 3.8) is 0 Å². The molecule has 1 saturated heterocycles. The van der Waals surface area contributed by atoms with Crippen LogP contribution in [-0.2, 0) is 6.54 Å². The molecule has 1 N–H and O–H groups in total. The molecule has 21 heavy (non-hydrogen) atoms. The molecule has 112 valence electrons. The van der Waals surface area contributed by atoms with Crippen LogP contribution in [0.25, 0.3) is 10.6 Å². The molecule has 0 saturated carbocycles. The van der Waals surface area contributed by atoms with Crippen LogP contribution >= 0.6 is 11.3 Å². The number of rotatable bonds is 3. The molecule has 1 fully saturated rings. The van der Waals surface area contributed by atoms with Gasteiger partial charge in [-0.1, -0.05) is 0 Å². The van der Waals surface area contributed by atoms with Gasteiger partial charge in [-0.05, 0) is 51.8 Å². The van der Waals surface area contributed by atoms with Gasteiger partial charge in [-0.25, -0.2) is 9.67 Å². The normalized spacial score (nSPS) is 16.3. The van der Waals surface area contributed by atoms with Crippen molar-refractivity contribution in [2.45, 2.75) is 33.2 Å². The van der Waals surface area contributed by atoms with Crippen molar-refractivity contribution >= 4 is 11.3 Å². The molecule has 0 unspecified atom stereocenters. The van der Waals surface area contributed by atoms with Crippen LogP contribution in [0.1, 0.15) is 23.5 Å². The van der Waals surface area contributed by atoms with Crippen molar-refractivity contribution < 1.29 is 0 Å². The largest absolute Gasteiger partial charge is 0.317 e. The summed E-state index contributed by atoms with van der Waals surface area (Å²) < 4.78 is 1.62. The summed E-state index contributed by atoms with van der Waals surface area (Å²) in [5.74, 6) is 0.538. The standard InChI is InChI=1S/C15H20N4OS/c1-10-15(21-11(2)17-10)13-3-4-14(20)19(18-13)9-12-5-7-16-8-6-12/h3-4,12,16H,5-9H2,1-2H3. The van der Waals surface area contributed by atoms with Crippen LogP contribution in [0.2, 0.25) is 0 Å². The van der Waals surface area contributed by atoms with E-state index in [2.05, 4.69) is 15.4 Å². The van der Waals surface area contributed by atoms with Crippen LogP contribution in [-0.4, -0.2) is 27.9 Å². The number of nitrogens with one attached hydrogen (secondary N) is 1. The molecule has 3 rings (SSSR count). The van der Waals surface area contributed by atoms with Gasteiger partial charge in [0.1, 0.15) is 5.69 Å². The lowest BCUT2D eigenvalue weighted by Gasteiger charge is -2.22. The lowest BCUT2D eigenvalue weighted by atomic mass is 9.98. The molecule has 0 aromatic carbocycles. The van der Waals surface area contributed by atoms with Gasteiger partial charge in [0.25, 0.3) is 5.56 Å². The lowest BCUT2D eigenvalue weighted by Crippen LogP contribution is -2.33. The summed E-state index contributed by atoms with van der Waals surface area (Å²) in [5.41, 5.74) is 1.82. The fraction of sp³-hybridized carbons (Fsp3) is 0.533. The maximum Gasteiger partial charge on any atom is 0.266 e. The molecule has 2 aromatic heterocycles. The molecule has 0 spiro atoms. The first-order chi connectivity index (χ1) is 10.1. The van der Waals surface area contributed by atoms with Crippen LogP contribution in [0.4, 0.5) is 0 Å². The van der Waals surface area contributed by atoms with E-state index in [0.29, 0.717) is 12.5 Å². The summed E-state index contributed by atoms with van der Waals surface area (Å²) in [6, 6.07) is 3.43. The maximum atomic E-state index is 12.0. The SMILES string of the molecule is Cc1nc(C)c(-c2ccc(=O)n(CC3CCNCC3)n2)s1. The van der Waals surface area contributed by atoms with Crippen LogP contribution in [0.15, 0.2) is 16.9 Å². The highest BCUT2D eigenvalue weighted by Gasteiger charge is 2.16. The molecular formula is C15H20N4OS. The van der Waals surface area contributed by atoms with Crippen molar-refractivity contribution in [2.75, 3.05) is 13.1 Å². The van der Waals surface area contributed by atoms with E-state index in [4.69, 9.17) is 0 Å². The Labute approximate surface area is 128 Å². The molecule has 3 heterocycles. The van der Waals surface area contributed by atoms with Crippen molar-refractivity contribution in [2.24, 2.45) is 5.92 Å². The van der Waals surface area contributed by atoms with Gasteiger partial charge < -0.3 is 5.32 Å². The van der Waals surface area contributed by atoms with Gasteiger partial charge in [-0.3, -0.25) is 4.79 Å². The lowest BCUT2D eigenvalue weighted by molar-refractivity contribution is 0.316. The predicted octanol–water partition coefficient (Wildman–Crippen LogP) is 1.98. The number of aromatic nitrogens is 3. The average molecular weight is 304 g/mol. The maximum absolute atomic E-state index is 12.0. The van der Waals surface area contributed by atoms with Gasteiger partial charge in [0.05, 0.1) is 15.6 Å². The quantitative estimate of drug-likeness (QED) is 0.942. The first-order valence-corrected chi connectivity index (χ1v) is 8.18. The van der Waals surface area contributed by atoms with Gasteiger partial charge in [-0.15, -0.1) is 11.3 Å². The molecule has 0 aliphatic carbocycles. The minimum absolute atomic E-state index is 0.0174. The Hall–Kier alpha value is -1.53. The number of piperidine rings is 1. The van der Waals surface area contributed by atoms with E-state index in [9.17, 15) is 4.79 Å². The Morgan fingerprint density at radius 2 is 2.10 bits per heavy atom. The second-order valence-electron chi connectivity index (χ2n) is 5.58. The number of aryl methyl sites for hydroxylation is 2. The van der Waals surface area contributed by atoms with Crippen LogP contribution in [0, 0.1) is 19.8 Å². The van der Waals surface area contributed by atoms with Crippen molar-refractivity contribution in [1.82, 2.24) is 20.1 Å². The first-order valence-electron chi connectivity index (χ1n) is 7.37. The zero-order valence-electron chi connectivity index (χ0n) is 12.4. The molecule has 2 aromatic rings. The van der Waals surface area contributed by atoms with Crippen LogP contribution in [0.5, 0.6) is 0 Å². The van der Waals surface area contributed by atoms with E-state index in [-0.39, 0.29) is 5.56 Å². The molecule has 5 nitrogen and oxygen atoms in total. The highest BCUT2D eigenvalue weighted by Crippen LogP contribution is 2.27. The number of nitrogens with zero attached hydrogens (tertiary/aromatic N) is 3. The van der Waals surface area contributed by atoms with Crippen LogP contribution in [0.3, 0.4) is 0 Å². The fourth-order valence-electron chi connectivity index (χ4n) is 2.78. The Bertz CT molecular complexity index is 685. The van der Waals surface area contributed by atoms with E-state index >= 15 is 0 Å². The molecule has 6 heteroatoms. The monoisotopic (exact) mass is 304 g/mol. The smallest absolute Gasteiger partial charge is 0.266 e. The minimum Gasteiger partial charge on any atom is -0.317 e. The number of hydrogen-bond acceptors (Lipinski definition) is 5. The van der Waals surface area contributed by atoms with Gasteiger partial charge in [0.15, 0.2) is 0 Å². The van der Waals surface area contributed by atoms with E-state index in [0.717, 1.165) is 47.2 Å². The molecule has 0 bridgehead atoms. The topological polar surface area (TPSA) is 59.8 Å². The zero-order chi connectivity index (χ0) is 14.8. The third-order valence-electron chi connectivity index (χ3n) is 3.89. The highest BCUT2D eigenvalue weighted by molar-refractivity contribution is 7.15. The van der Waals surface area contributed by atoms with Crippen molar-refractivity contribution in [3.8, 4) is 10.6 Å². The molecule has 1 aliphatic rings. The molecule has 0 amide bonds. The van der Waals surface area contributed by atoms with E-state index in [1.54, 1.807) is 28.2 Å². The predicted molar refractivity (Wildman–Crippen MR) is 84.7 cm³/mol. The van der Waals surface area contributed by atoms with Gasteiger partial charge in [0.2, 0.25) is 0 Å².